The fraction of sp³-hybridized carbons (Fsp3) is 0.0952. The molecule has 0 spiro atoms. The summed E-state index contributed by atoms with van der Waals surface area (Å²) >= 11 is 0. The Labute approximate surface area is 169 Å². The molecule has 1 aromatic heterocycles. The van der Waals surface area contributed by atoms with Gasteiger partial charge in [-0.2, -0.15) is 0 Å². The quantitative estimate of drug-likeness (QED) is 0.221. The molecule has 9 nitrogen and oxygen atoms in total. The van der Waals surface area contributed by atoms with Gasteiger partial charge in [0.2, 0.25) is 0 Å². The number of non-ortho nitro benzene ring substituents is 1. The molecule has 0 fully saturated rings. The van der Waals surface area contributed by atoms with Crippen molar-refractivity contribution >= 4 is 34.3 Å². The minimum atomic E-state index is -0.877. The lowest BCUT2D eigenvalue weighted by Crippen LogP contribution is -2.31. The summed E-state index contributed by atoms with van der Waals surface area (Å²) in [5.41, 5.74) is 1.78. The number of aromatic nitrogens is 1. The highest BCUT2D eigenvalue weighted by atomic mass is 16.6. The Kier molecular flexibility index (Phi) is 4.85. The molecule has 0 unspecified atom stereocenters. The first kappa shape index (κ1) is 19.1. The fourth-order valence-electron chi connectivity index (χ4n) is 3.30. The number of fused-ring (bicyclic) bond motifs is 1. The second kappa shape index (κ2) is 7.63. The van der Waals surface area contributed by atoms with E-state index in [1.807, 2.05) is 0 Å². The molecular weight excluding hydrogens is 390 g/mol. The van der Waals surface area contributed by atoms with E-state index in [9.17, 15) is 24.5 Å². The number of benzene rings is 2. The Morgan fingerprint density at radius 2 is 1.97 bits per heavy atom. The topological polar surface area (TPSA) is 121 Å². The summed E-state index contributed by atoms with van der Waals surface area (Å²) in [7, 11) is 0. The summed E-state index contributed by atoms with van der Waals surface area (Å²) in [5, 5.41) is 14.0. The average Bonchev–Trinajstić information content (AvgIpc) is 3.31. The van der Waals surface area contributed by atoms with Crippen molar-refractivity contribution in [2.24, 2.45) is 0 Å². The van der Waals surface area contributed by atoms with E-state index in [1.165, 1.54) is 12.1 Å². The van der Waals surface area contributed by atoms with Gasteiger partial charge in [0.15, 0.2) is 0 Å². The molecule has 30 heavy (non-hydrogen) atoms. The van der Waals surface area contributed by atoms with Gasteiger partial charge in [0.25, 0.3) is 17.4 Å². The van der Waals surface area contributed by atoms with Crippen molar-refractivity contribution in [2.45, 2.75) is 6.54 Å². The van der Waals surface area contributed by atoms with Crippen LogP contribution in [0.4, 0.5) is 5.69 Å². The van der Waals surface area contributed by atoms with Crippen molar-refractivity contribution < 1.29 is 24.0 Å². The van der Waals surface area contributed by atoms with Gasteiger partial charge in [0, 0.05) is 41.9 Å². The maximum atomic E-state index is 12.8. The number of Topliss-reactive ketones (excluding diaryl/α,β-unsaturated/α-hetero) is 1. The first-order valence-corrected chi connectivity index (χ1v) is 8.96. The van der Waals surface area contributed by atoms with E-state index in [4.69, 9.17) is 4.74 Å². The molecule has 1 aliphatic rings. The Morgan fingerprint density at radius 3 is 2.70 bits per heavy atom. The monoisotopic (exact) mass is 405 g/mol. The highest BCUT2D eigenvalue weighted by Crippen LogP contribution is 2.24. The van der Waals surface area contributed by atoms with Crippen molar-refractivity contribution in [1.29, 1.82) is 0 Å². The fourth-order valence-corrected chi connectivity index (χ4v) is 3.30. The van der Waals surface area contributed by atoms with E-state index >= 15 is 0 Å². The number of nitro groups is 1. The Balaban J connectivity index is 1.65. The zero-order valence-corrected chi connectivity index (χ0v) is 15.5. The number of esters is 1. The maximum Gasteiger partial charge on any atom is 0.333 e. The van der Waals surface area contributed by atoms with Crippen LogP contribution in [-0.4, -0.2) is 33.8 Å². The summed E-state index contributed by atoms with van der Waals surface area (Å²) in [4.78, 5) is 46.8. The zero-order valence-electron chi connectivity index (χ0n) is 15.5. The number of ether oxygens (including phenoxy) is 1. The molecule has 9 heteroatoms. The molecule has 1 amide bonds. The van der Waals surface area contributed by atoms with E-state index in [1.54, 1.807) is 47.2 Å². The number of hydrogen-bond donors (Lipinski definition) is 1. The number of amides is 1. The number of carbonyl (C=O) groups excluding carboxylic acids is 3. The zero-order chi connectivity index (χ0) is 21.3. The minimum absolute atomic E-state index is 0.0266. The number of rotatable bonds is 6. The second-order valence-corrected chi connectivity index (χ2v) is 6.68. The van der Waals surface area contributed by atoms with Crippen molar-refractivity contribution in [2.75, 3.05) is 6.61 Å². The third kappa shape index (κ3) is 3.68. The molecule has 0 aliphatic carbocycles. The molecule has 3 aromatic rings. The van der Waals surface area contributed by atoms with Crippen LogP contribution in [0.25, 0.3) is 10.9 Å². The van der Waals surface area contributed by atoms with E-state index in [0.29, 0.717) is 16.5 Å². The van der Waals surface area contributed by atoms with Gasteiger partial charge < -0.3 is 14.6 Å². The number of carbonyl (C=O) groups is 3. The standard InChI is InChI=1S/C21H15N3O6/c25-19-9-14(12-30-19)22-21(27)20(26)17-11-23(18-7-2-1-6-16(17)18)10-13-4-3-5-15(8-13)24(28)29/h1-9,11H,10,12H2,(H,22,27). The van der Waals surface area contributed by atoms with Gasteiger partial charge in [0.05, 0.1) is 16.2 Å². The highest BCUT2D eigenvalue weighted by molar-refractivity contribution is 6.45. The van der Waals surface area contributed by atoms with Crippen LogP contribution in [0, 0.1) is 10.1 Å². The SMILES string of the molecule is O=C1C=C(NC(=O)C(=O)c2cn(Cc3cccc([N+](=O)[O-])c3)c3ccccc23)CO1. The molecular formula is C21H15N3O6. The lowest BCUT2D eigenvalue weighted by Gasteiger charge is -2.05. The average molecular weight is 405 g/mol. The number of para-hydroxylation sites is 1. The van der Waals surface area contributed by atoms with Crippen molar-refractivity contribution in [3.63, 3.8) is 0 Å². The van der Waals surface area contributed by atoms with Gasteiger partial charge in [-0.1, -0.05) is 30.3 Å². The molecule has 0 bridgehead atoms. The van der Waals surface area contributed by atoms with Crippen LogP contribution in [0.1, 0.15) is 15.9 Å². The molecule has 2 heterocycles. The molecule has 0 atom stereocenters. The molecule has 0 saturated heterocycles. The second-order valence-electron chi connectivity index (χ2n) is 6.68. The van der Waals surface area contributed by atoms with Crippen LogP contribution in [0.2, 0.25) is 0 Å². The van der Waals surface area contributed by atoms with Gasteiger partial charge in [0.1, 0.15) is 6.61 Å². The van der Waals surface area contributed by atoms with Crippen LogP contribution in [0.15, 0.2) is 66.5 Å². The highest BCUT2D eigenvalue weighted by Gasteiger charge is 2.24. The normalized spacial score (nSPS) is 13.1. The van der Waals surface area contributed by atoms with Crippen molar-refractivity contribution in [3.05, 3.63) is 87.7 Å². The number of nitro benzene ring substituents is 1. The van der Waals surface area contributed by atoms with Crippen molar-refractivity contribution in [3.8, 4) is 0 Å². The number of nitrogens with one attached hydrogen (secondary N) is 1. The first-order chi connectivity index (χ1) is 14.4. The third-order valence-electron chi connectivity index (χ3n) is 4.65. The summed E-state index contributed by atoms with van der Waals surface area (Å²) in [6, 6.07) is 13.3. The number of cyclic esters (lactones) is 1. The molecule has 150 valence electrons. The van der Waals surface area contributed by atoms with Gasteiger partial charge >= 0.3 is 5.97 Å². The molecule has 0 radical (unpaired) electrons. The number of hydrogen-bond acceptors (Lipinski definition) is 6. The van der Waals surface area contributed by atoms with E-state index < -0.39 is 22.6 Å². The van der Waals surface area contributed by atoms with Crippen LogP contribution in [0.5, 0.6) is 0 Å². The summed E-state index contributed by atoms with van der Waals surface area (Å²) in [5.74, 6) is -2.21. The predicted octanol–water partition coefficient (Wildman–Crippen LogP) is 2.34. The minimum Gasteiger partial charge on any atom is -0.456 e. The van der Waals surface area contributed by atoms with Crippen LogP contribution >= 0.6 is 0 Å². The Hall–Kier alpha value is -4.27. The van der Waals surface area contributed by atoms with Crippen molar-refractivity contribution in [1.82, 2.24) is 9.88 Å². The van der Waals surface area contributed by atoms with Gasteiger partial charge in [-0.15, -0.1) is 0 Å². The van der Waals surface area contributed by atoms with Gasteiger partial charge in [-0.05, 0) is 11.6 Å². The van der Waals surface area contributed by atoms with Crippen LogP contribution in [0.3, 0.4) is 0 Å². The summed E-state index contributed by atoms with van der Waals surface area (Å²) in [6.45, 7) is 0.191. The van der Waals surface area contributed by atoms with E-state index in [0.717, 1.165) is 6.08 Å². The Morgan fingerprint density at radius 1 is 1.17 bits per heavy atom. The molecule has 0 saturated carbocycles. The maximum absolute atomic E-state index is 12.8. The summed E-state index contributed by atoms with van der Waals surface area (Å²) in [6.07, 6.45) is 2.67. The van der Waals surface area contributed by atoms with Crippen LogP contribution < -0.4 is 5.32 Å². The molecule has 1 N–H and O–H groups in total. The molecule has 1 aliphatic heterocycles. The van der Waals surface area contributed by atoms with Gasteiger partial charge in [-0.25, -0.2) is 4.79 Å². The Bertz CT molecular complexity index is 1240. The summed E-state index contributed by atoms with van der Waals surface area (Å²) < 4.78 is 6.47. The largest absolute Gasteiger partial charge is 0.456 e. The van der Waals surface area contributed by atoms with E-state index in [-0.39, 0.29) is 30.1 Å². The predicted molar refractivity (Wildman–Crippen MR) is 106 cm³/mol. The number of nitrogens with zero attached hydrogens (tertiary/aromatic N) is 2. The third-order valence-corrected chi connectivity index (χ3v) is 4.65. The lowest BCUT2D eigenvalue weighted by molar-refractivity contribution is -0.384. The first-order valence-electron chi connectivity index (χ1n) is 8.96. The van der Waals surface area contributed by atoms with Gasteiger partial charge in [-0.3, -0.25) is 19.7 Å². The molecule has 4 rings (SSSR count). The smallest absolute Gasteiger partial charge is 0.333 e. The lowest BCUT2D eigenvalue weighted by atomic mass is 10.1. The van der Waals surface area contributed by atoms with Crippen LogP contribution in [-0.2, 0) is 20.9 Å². The van der Waals surface area contributed by atoms with E-state index in [2.05, 4.69) is 5.32 Å². The molecule has 2 aromatic carbocycles. The number of ketones is 1.